The lowest BCUT2D eigenvalue weighted by atomic mass is 9.93. The molecule has 0 aliphatic rings. The molecule has 0 aliphatic carbocycles. The summed E-state index contributed by atoms with van der Waals surface area (Å²) in [7, 11) is 1.68. The minimum absolute atomic E-state index is 0.843. The lowest BCUT2D eigenvalue weighted by Gasteiger charge is -2.13. The van der Waals surface area contributed by atoms with E-state index < -0.39 is 0 Å². The minimum atomic E-state index is 0.843. The summed E-state index contributed by atoms with van der Waals surface area (Å²) in [6.07, 6.45) is 2.19. The molecule has 4 rings (SSSR count). The monoisotopic (exact) mass is 403 g/mol. The average Bonchev–Trinajstić information content (AvgIpc) is 2.84. The highest BCUT2D eigenvalue weighted by Crippen LogP contribution is 2.27. The molecule has 4 aromatic carbocycles. The van der Waals surface area contributed by atoms with Gasteiger partial charge in [-0.3, -0.25) is 0 Å². The molecular formula is C29H25NO. The maximum absolute atomic E-state index is 5.32. The third-order valence-electron chi connectivity index (χ3n) is 5.09. The van der Waals surface area contributed by atoms with Crippen molar-refractivity contribution in [2.24, 2.45) is 4.99 Å². The van der Waals surface area contributed by atoms with Crippen molar-refractivity contribution in [2.45, 2.75) is 6.92 Å². The van der Waals surface area contributed by atoms with Crippen LogP contribution >= 0.6 is 0 Å². The molecule has 0 fully saturated rings. The van der Waals surface area contributed by atoms with Crippen LogP contribution in [0.25, 0.3) is 11.6 Å². The molecule has 0 amide bonds. The number of methoxy groups -OCH3 is 1. The Balaban J connectivity index is 1.91. The van der Waals surface area contributed by atoms with Crippen molar-refractivity contribution >= 4 is 23.0 Å². The standard InChI is InChI=1S/C29H25NO/c1-22-13-17-26(18-14-22)30-29(25-11-7-4-8-12-25)28(24-9-5-3-6-10-24)21-23-15-19-27(31-2)20-16-23/h3-21H,1-2H3/b28-21+,30-29?. The summed E-state index contributed by atoms with van der Waals surface area (Å²) in [5.74, 6) is 0.843. The quantitative estimate of drug-likeness (QED) is 0.243. The van der Waals surface area contributed by atoms with Crippen LogP contribution in [0.2, 0.25) is 0 Å². The van der Waals surface area contributed by atoms with Gasteiger partial charge in [0, 0.05) is 11.1 Å². The molecule has 0 saturated carbocycles. The first-order chi connectivity index (χ1) is 15.2. The molecule has 0 heterocycles. The second kappa shape index (κ2) is 9.73. The fourth-order valence-corrected chi connectivity index (χ4v) is 3.40. The van der Waals surface area contributed by atoms with Crippen LogP contribution < -0.4 is 4.74 Å². The van der Waals surface area contributed by atoms with Gasteiger partial charge >= 0.3 is 0 Å². The van der Waals surface area contributed by atoms with E-state index in [1.165, 1.54) is 5.56 Å². The maximum Gasteiger partial charge on any atom is 0.118 e. The number of rotatable bonds is 6. The summed E-state index contributed by atoms with van der Waals surface area (Å²) < 4.78 is 5.32. The molecule has 0 unspecified atom stereocenters. The molecule has 0 aliphatic heterocycles. The normalized spacial score (nSPS) is 11.9. The average molecular weight is 404 g/mol. The van der Waals surface area contributed by atoms with E-state index in [1.807, 2.05) is 24.3 Å². The van der Waals surface area contributed by atoms with Crippen LogP contribution in [0.4, 0.5) is 5.69 Å². The Morgan fingerprint density at radius 3 is 1.84 bits per heavy atom. The van der Waals surface area contributed by atoms with E-state index in [2.05, 4.69) is 97.9 Å². The van der Waals surface area contributed by atoms with Crippen molar-refractivity contribution < 1.29 is 4.74 Å². The predicted octanol–water partition coefficient (Wildman–Crippen LogP) is 7.37. The van der Waals surface area contributed by atoms with E-state index in [0.717, 1.165) is 39.4 Å². The van der Waals surface area contributed by atoms with Gasteiger partial charge in [-0.25, -0.2) is 4.99 Å². The molecule has 152 valence electrons. The number of aryl methyl sites for hydroxylation is 1. The van der Waals surface area contributed by atoms with E-state index in [1.54, 1.807) is 7.11 Å². The van der Waals surface area contributed by atoms with Gasteiger partial charge in [0.2, 0.25) is 0 Å². The molecule has 0 saturated heterocycles. The number of ether oxygens (including phenoxy) is 1. The smallest absolute Gasteiger partial charge is 0.118 e. The van der Waals surface area contributed by atoms with Crippen LogP contribution in [0.15, 0.2) is 114 Å². The van der Waals surface area contributed by atoms with Crippen LogP contribution in [0, 0.1) is 6.92 Å². The molecule has 0 spiro atoms. The number of aliphatic imine (C=N–C) groups is 1. The molecule has 0 aromatic heterocycles. The molecule has 0 atom stereocenters. The van der Waals surface area contributed by atoms with Crippen molar-refractivity contribution in [1.82, 2.24) is 0 Å². The van der Waals surface area contributed by atoms with E-state index >= 15 is 0 Å². The van der Waals surface area contributed by atoms with Gasteiger partial charge in [0.05, 0.1) is 18.5 Å². The Bertz CT molecular complexity index is 1170. The number of nitrogens with zero attached hydrogens (tertiary/aromatic N) is 1. The second-order valence-corrected chi connectivity index (χ2v) is 7.36. The van der Waals surface area contributed by atoms with E-state index in [9.17, 15) is 0 Å². The van der Waals surface area contributed by atoms with E-state index in [-0.39, 0.29) is 0 Å². The molecule has 31 heavy (non-hydrogen) atoms. The summed E-state index contributed by atoms with van der Waals surface area (Å²) in [6, 6.07) is 37.2. The van der Waals surface area contributed by atoms with Crippen molar-refractivity contribution in [2.75, 3.05) is 7.11 Å². The van der Waals surface area contributed by atoms with Crippen LogP contribution in [-0.4, -0.2) is 12.8 Å². The Labute approximate surface area is 184 Å². The molecule has 0 bridgehead atoms. The van der Waals surface area contributed by atoms with Crippen molar-refractivity contribution in [3.8, 4) is 5.75 Å². The summed E-state index contributed by atoms with van der Waals surface area (Å²) >= 11 is 0. The van der Waals surface area contributed by atoms with Crippen LogP contribution in [0.3, 0.4) is 0 Å². The number of benzene rings is 4. The van der Waals surface area contributed by atoms with Gasteiger partial charge in [-0.2, -0.15) is 0 Å². The molecule has 2 heteroatoms. The Kier molecular flexibility index (Phi) is 6.39. The van der Waals surface area contributed by atoms with Gasteiger partial charge in [-0.1, -0.05) is 90.5 Å². The molecule has 0 N–H and O–H groups in total. The zero-order valence-electron chi connectivity index (χ0n) is 17.8. The molecule has 0 radical (unpaired) electrons. The summed E-state index contributed by atoms with van der Waals surface area (Å²) in [4.78, 5) is 5.10. The first-order valence-corrected chi connectivity index (χ1v) is 10.4. The lowest BCUT2D eigenvalue weighted by Crippen LogP contribution is -2.04. The van der Waals surface area contributed by atoms with Gasteiger partial charge in [0.1, 0.15) is 5.75 Å². The summed E-state index contributed by atoms with van der Waals surface area (Å²) in [6.45, 7) is 2.09. The zero-order chi connectivity index (χ0) is 21.5. The van der Waals surface area contributed by atoms with Gasteiger partial charge in [-0.05, 0) is 48.4 Å². The molecule has 2 nitrogen and oxygen atoms in total. The number of allylic oxidation sites excluding steroid dienone is 1. The Morgan fingerprint density at radius 1 is 0.677 bits per heavy atom. The highest BCUT2D eigenvalue weighted by Gasteiger charge is 2.13. The topological polar surface area (TPSA) is 21.6 Å². The molecule has 4 aromatic rings. The maximum atomic E-state index is 5.32. The highest BCUT2D eigenvalue weighted by molar-refractivity contribution is 6.35. The Morgan fingerprint density at radius 2 is 1.26 bits per heavy atom. The number of hydrogen-bond acceptors (Lipinski definition) is 2. The minimum Gasteiger partial charge on any atom is -0.497 e. The van der Waals surface area contributed by atoms with Crippen molar-refractivity contribution in [3.63, 3.8) is 0 Å². The van der Waals surface area contributed by atoms with Crippen molar-refractivity contribution in [3.05, 3.63) is 131 Å². The highest BCUT2D eigenvalue weighted by atomic mass is 16.5. The fourth-order valence-electron chi connectivity index (χ4n) is 3.40. The van der Waals surface area contributed by atoms with E-state index in [4.69, 9.17) is 9.73 Å². The van der Waals surface area contributed by atoms with Crippen LogP contribution in [0.5, 0.6) is 5.75 Å². The summed E-state index contributed by atoms with van der Waals surface area (Å²) in [5.41, 5.74) is 7.44. The van der Waals surface area contributed by atoms with Crippen LogP contribution in [0.1, 0.15) is 22.3 Å². The third kappa shape index (κ3) is 5.18. The summed E-state index contributed by atoms with van der Waals surface area (Å²) in [5, 5.41) is 0. The first-order valence-electron chi connectivity index (χ1n) is 10.4. The predicted molar refractivity (Wildman–Crippen MR) is 131 cm³/mol. The van der Waals surface area contributed by atoms with Gasteiger partial charge in [-0.15, -0.1) is 0 Å². The molecular weight excluding hydrogens is 378 g/mol. The van der Waals surface area contributed by atoms with Gasteiger partial charge < -0.3 is 4.74 Å². The fraction of sp³-hybridized carbons (Fsp3) is 0.0690. The zero-order valence-corrected chi connectivity index (χ0v) is 17.8. The Hall–Kier alpha value is -3.91. The third-order valence-corrected chi connectivity index (χ3v) is 5.09. The van der Waals surface area contributed by atoms with Gasteiger partial charge in [0.15, 0.2) is 0 Å². The number of hydrogen-bond donors (Lipinski definition) is 0. The van der Waals surface area contributed by atoms with Gasteiger partial charge in [0.25, 0.3) is 0 Å². The van der Waals surface area contributed by atoms with E-state index in [0.29, 0.717) is 0 Å². The lowest BCUT2D eigenvalue weighted by molar-refractivity contribution is 0.415. The second-order valence-electron chi connectivity index (χ2n) is 7.36. The van der Waals surface area contributed by atoms with Crippen LogP contribution in [-0.2, 0) is 0 Å². The SMILES string of the molecule is COc1ccc(/C=C(/C(=Nc2ccc(C)cc2)c2ccccc2)c2ccccc2)cc1. The largest absolute Gasteiger partial charge is 0.497 e. The first kappa shape index (κ1) is 20.4. The van der Waals surface area contributed by atoms with Crippen molar-refractivity contribution in [1.29, 1.82) is 0 Å².